The van der Waals surface area contributed by atoms with E-state index in [-0.39, 0.29) is 0 Å². The molecule has 64 valence electrons. The SMILES string of the molecule is Cc1cccc(N2CCOC2)c1. The van der Waals surface area contributed by atoms with Crippen LogP contribution in [0.3, 0.4) is 0 Å². The van der Waals surface area contributed by atoms with Crippen molar-refractivity contribution in [3.05, 3.63) is 29.8 Å². The molecule has 0 radical (unpaired) electrons. The number of nitrogens with zero attached hydrogens (tertiary/aromatic N) is 1. The minimum atomic E-state index is 0.740. The van der Waals surface area contributed by atoms with Gasteiger partial charge >= 0.3 is 0 Å². The van der Waals surface area contributed by atoms with E-state index in [1.165, 1.54) is 11.3 Å². The van der Waals surface area contributed by atoms with E-state index in [4.69, 9.17) is 4.74 Å². The van der Waals surface area contributed by atoms with E-state index in [9.17, 15) is 0 Å². The quantitative estimate of drug-likeness (QED) is 0.625. The van der Waals surface area contributed by atoms with E-state index in [1.54, 1.807) is 0 Å². The summed E-state index contributed by atoms with van der Waals surface area (Å²) in [6.45, 7) is 4.72. The summed E-state index contributed by atoms with van der Waals surface area (Å²) in [5.74, 6) is 0. The van der Waals surface area contributed by atoms with Gasteiger partial charge in [-0.05, 0) is 24.6 Å². The molecule has 1 saturated heterocycles. The van der Waals surface area contributed by atoms with E-state index in [1.807, 2.05) is 0 Å². The molecule has 0 aromatic heterocycles. The van der Waals surface area contributed by atoms with E-state index in [0.29, 0.717) is 0 Å². The van der Waals surface area contributed by atoms with Gasteiger partial charge in [0, 0.05) is 12.2 Å². The highest BCUT2D eigenvalue weighted by Crippen LogP contribution is 2.17. The fourth-order valence-corrected chi connectivity index (χ4v) is 1.44. The van der Waals surface area contributed by atoms with Gasteiger partial charge in [-0.3, -0.25) is 0 Å². The lowest BCUT2D eigenvalue weighted by molar-refractivity contribution is 0.201. The van der Waals surface area contributed by atoms with Crippen LogP contribution in [-0.4, -0.2) is 19.9 Å². The van der Waals surface area contributed by atoms with Crippen molar-refractivity contribution < 1.29 is 4.74 Å². The Morgan fingerprint density at radius 2 is 2.33 bits per heavy atom. The number of benzene rings is 1. The van der Waals surface area contributed by atoms with Crippen LogP contribution < -0.4 is 4.90 Å². The van der Waals surface area contributed by atoms with Gasteiger partial charge in [0.2, 0.25) is 0 Å². The average Bonchev–Trinajstić information content (AvgIpc) is 2.56. The number of aryl methyl sites for hydroxylation is 1. The number of rotatable bonds is 1. The van der Waals surface area contributed by atoms with Gasteiger partial charge in [-0.1, -0.05) is 12.1 Å². The molecular formula is C10H13NO. The summed E-state index contributed by atoms with van der Waals surface area (Å²) >= 11 is 0. The molecule has 0 bridgehead atoms. The zero-order chi connectivity index (χ0) is 8.39. The van der Waals surface area contributed by atoms with Crippen molar-refractivity contribution in [3.8, 4) is 0 Å². The molecule has 0 atom stereocenters. The van der Waals surface area contributed by atoms with Crippen molar-refractivity contribution in [3.63, 3.8) is 0 Å². The van der Waals surface area contributed by atoms with E-state index < -0.39 is 0 Å². The molecule has 0 amide bonds. The molecule has 2 heteroatoms. The second-order valence-electron chi connectivity index (χ2n) is 3.14. The molecule has 0 N–H and O–H groups in total. The zero-order valence-electron chi connectivity index (χ0n) is 7.29. The highest BCUT2D eigenvalue weighted by atomic mass is 16.5. The van der Waals surface area contributed by atoms with Gasteiger partial charge in [-0.15, -0.1) is 0 Å². The van der Waals surface area contributed by atoms with E-state index in [0.717, 1.165) is 19.9 Å². The molecule has 1 aromatic rings. The van der Waals surface area contributed by atoms with Gasteiger partial charge in [-0.2, -0.15) is 0 Å². The number of hydrogen-bond acceptors (Lipinski definition) is 2. The van der Waals surface area contributed by atoms with Gasteiger partial charge in [-0.25, -0.2) is 0 Å². The van der Waals surface area contributed by atoms with Crippen molar-refractivity contribution in [2.45, 2.75) is 6.92 Å². The third-order valence-electron chi connectivity index (χ3n) is 2.12. The standard InChI is InChI=1S/C10H13NO/c1-9-3-2-4-10(7-9)11-5-6-12-8-11/h2-4,7H,5-6,8H2,1H3. The Hall–Kier alpha value is -1.02. The van der Waals surface area contributed by atoms with Crippen molar-refractivity contribution >= 4 is 5.69 Å². The van der Waals surface area contributed by atoms with Gasteiger partial charge in [0.05, 0.1) is 6.61 Å². The van der Waals surface area contributed by atoms with Crippen molar-refractivity contribution in [2.24, 2.45) is 0 Å². The molecule has 1 fully saturated rings. The first-order valence-electron chi connectivity index (χ1n) is 4.25. The summed E-state index contributed by atoms with van der Waals surface area (Å²) in [7, 11) is 0. The molecule has 1 heterocycles. The summed E-state index contributed by atoms with van der Waals surface area (Å²) in [4.78, 5) is 2.24. The van der Waals surface area contributed by atoms with E-state index >= 15 is 0 Å². The maximum absolute atomic E-state index is 5.28. The molecule has 2 nitrogen and oxygen atoms in total. The maximum Gasteiger partial charge on any atom is 0.119 e. The van der Waals surface area contributed by atoms with Gasteiger partial charge in [0.1, 0.15) is 6.73 Å². The first kappa shape index (κ1) is 7.62. The average molecular weight is 163 g/mol. The second-order valence-corrected chi connectivity index (χ2v) is 3.14. The largest absolute Gasteiger partial charge is 0.359 e. The fourth-order valence-electron chi connectivity index (χ4n) is 1.44. The molecule has 1 aliphatic rings. The molecule has 2 rings (SSSR count). The summed E-state index contributed by atoms with van der Waals surface area (Å²) in [5, 5.41) is 0. The van der Waals surface area contributed by atoms with Crippen LogP contribution in [0.25, 0.3) is 0 Å². The van der Waals surface area contributed by atoms with Crippen molar-refractivity contribution in [1.29, 1.82) is 0 Å². The van der Waals surface area contributed by atoms with Gasteiger partial charge < -0.3 is 9.64 Å². The smallest absolute Gasteiger partial charge is 0.119 e. The van der Waals surface area contributed by atoms with Crippen LogP contribution in [0, 0.1) is 6.92 Å². The van der Waals surface area contributed by atoms with Crippen molar-refractivity contribution in [2.75, 3.05) is 24.8 Å². The number of hydrogen-bond donors (Lipinski definition) is 0. The van der Waals surface area contributed by atoms with Crippen LogP contribution in [0.15, 0.2) is 24.3 Å². The predicted octanol–water partition coefficient (Wildman–Crippen LogP) is 1.79. The minimum Gasteiger partial charge on any atom is -0.359 e. The molecule has 0 aliphatic carbocycles. The Labute approximate surface area is 72.8 Å². The Balaban J connectivity index is 2.21. The van der Waals surface area contributed by atoms with Crippen LogP contribution in [0.4, 0.5) is 5.69 Å². The summed E-state index contributed by atoms with van der Waals surface area (Å²) < 4.78 is 5.28. The minimum absolute atomic E-state index is 0.740. The highest BCUT2D eigenvalue weighted by Gasteiger charge is 2.11. The molecule has 0 saturated carbocycles. The number of ether oxygens (including phenoxy) is 1. The maximum atomic E-state index is 5.28. The number of anilines is 1. The third-order valence-corrected chi connectivity index (χ3v) is 2.12. The molecule has 1 aromatic carbocycles. The first-order valence-corrected chi connectivity index (χ1v) is 4.25. The lowest BCUT2D eigenvalue weighted by atomic mass is 10.2. The Kier molecular flexibility index (Phi) is 2.00. The normalized spacial score (nSPS) is 16.9. The molecule has 1 aliphatic heterocycles. The van der Waals surface area contributed by atoms with Gasteiger partial charge in [0.15, 0.2) is 0 Å². The monoisotopic (exact) mass is 163 g/mol. The molecular weight excluding hydrogens is 150 g/mol. The second kappa shape index (κ2) is 3.15. The molecule has 12 heavy (non-hydrogen) atoms. The Morgan fingerprint density at radius 3 is 3.00 bits per heavy atom. The van der Waals surface area contributed by atoms with E-state index in [2.05, 4.69) is 36.1 Å². The Bertz CT molecular complexity index is 266. The highest BCUT2D eigenvalue weighted by molar-refractivity contribution is 5.48. The summed E-state index contributed by atoms with van der Waals surface area (Å²) in [6.07, 6.45) is 0. The topological polar surface area (TPSA) is 12.5 Å². The van der Waals surface area contributed by atoms with Crippen molar-refractivity contribution in [1.82, 2.24) is 0 Å². The van der Waals surface area contributed by atoms with Crippen LogP contribution in [-0.2, 0) is 4.74 Å². The summed E-state index contributed by atoms with van der Waals surface area (Å²) in [6, 6.07) is 8.51. The Morgan fingerprint density at radius 1 is 1.42 bits per heavy atom. The third kappa shape index (κ3) is 1.43. The lowest BCUT2D eigenvalue weighted by Crippen LogP contribution is -2.18. The lowest BCUT2D eigenvalue weighted by Gasteiger charge is -2.15. The first-order chi connectivity index (χ1) is 5.86. The predicted molar refractivity (Wildman–Crippen MR) is 49.3 cm³/mol. The van der Waals surface area contributed by atoms with Gasteiger partial charge in [0.25, 0.3) is 0 Å². The molecule has 0 unspecified atom stereocenters. The van der Waals surface area contributed by atoms with Crippen LogP contribution >= 0.6 is 0 Å². The van der Waals surface area contributed by atoms with Crippen LogP contribution in [0.5, 0.6) is 0 Å². The summed E-state index contributed by atoms with van der Waals surface area (Å²) in [5.41, 5.74) is 2.58. The molecule has 0 spiro atoms. The van der Waals surface area contributed by atoms with Crippen LogP contribution in [0.1, 0.15) is 5.56 Å². The fraction of sp³-hybridized carbons (Fsp3) is 0.400. The zero-order valence-corrected chi connectivity index (χ0v) is 7.29. The van der Waals surface area contributed by atoms with Crippen LogP contribution in [0.2, 0.25) is 0 Å².